The predicted molar refractivity (Wildman–Crippen MR) is 133 cm³/mol. The van der Waals surface area contributed by atoms with Crippen molar-refractivity contribution >= 4 is 35.7 Å². The Balaban J connectivity index is 0.000000821. The van der Waals surface area contributed by atoms with Gasteiger partial charge in [0, 0.05) is 24.0 Å². The van der Waals surface area contributed by atoms with Crippen molar-refractivity contribution in [3.05, 3.63) is 79.1 Å². The van der Waals surface area contributed by atoms with Crippen LogP contribution in [-0.4, -0.2) is 18.1 Å². The molecule has 0 atom stereocenters. The fourth-order valence-corrected chi connectivity index (χ4v) is 3.47. The van der Waals surface area contributed by atoms with Gasteiger partial charge in [0.15, 0.2) is 0 Å². The second-order valence-corrected chi connectivity index (χ2v) is 7.67. The summed E-state index contributed by atoms with van der Waals surface area (Å²) in [6.07, 6.45) is 4.08. The molecule has 3 aromatic carbocycles. The zero-order chi connectivity index (χ0) is 23.7. The summed E-state index contributed by atoms with van der Waals surface area (Å²) in [7, 11) is 5.83. The van der Waals surface area contributed by atoms with E-state index in [4.69, 9.17) is 17.7 Å². The van der Waals surface area contributed by atoms with Crippen molar-refractivity contribution in [2.45, 2.75) is 38.0 Å². The molecule has 0 spiro atoms. The van der Waals surface area contributed by atoms with Crippen molar-refractivity contribution in [1.82, 2.24) is 0 Å². The predicted octanol–water partition coefficient (Wildman–Crippen LogP) is 4.27. The SMILES string of the molecule is CCCCC.[CH2-]N(c1ccccc1)c1cc(NC)c(-c2ccc(F)c(C(=O)O)c2)cc1[S-].[K+]. The van der Waals surface area contributed by atoms with Crippen LogP contribution in [0.1, 0.15) is 43.5 Å². The van der Waals surface area contributed by atoms with E-state index in [9.17, 15) is 9.18 Å². The number of carboxylic acids is 1. The molecule has 0 heterocycles. The Bertz CT molecular complexity index is 1050. The number of carbonyl (C=O) groups is 1. The average Bonchev–Trinajstić information content (AvgIpc) is 2.80. The Morgan fingerprint density at radius 3 is 2.24 bits per heavy atom. The molecule has 0 aliphatic carbocycles. The van der Waals surface area contributed by atoms with E-state index in [1.165, 1.54) is 31.4 Å². The maximum absolute atomic E-state index is 13.7. The van der Waals surface area contributed by atoms with Crippen molar-refractivity contribution in [2.75, 3.05) is 17.3 Å². The summed E-state index contributed by atoms with van der Waals surface area (Å²) in [5.41, 5.74) is 3.21. The molecule has 0 amide bonds. The van der Waals surface area contributed by atoms with Crippen LogP contribution in [0.4, 0.5) is 21.5 Å². The topological polar surface area (TPSA) is 52.6 Å². The number of rotatable bonds is 7. The number of carboxylic acid groups (broad SMARTS) is 1. The molecule has 170 valence electrons. The average molecular weight is 492 g/mol. The summed E-state index contributed by atoms with van der Waals surface area (Å²) in [5, 5.41) is 12.3. The van der Waals surface area contributed by atoms with Crippen LogP contribution >= 0.6 is 0 Å². The van der Waals surface area contributed by atoms with E-state index in [0.29, 0.717) is 16.0 Å². The third kappa shape index (κ3) is 8.05. The zero-order valence-corrected chi connectivity index (χ0v) is 23.6. The first-order chi connectivity index (χ1) is 15.3. The van der Waals surface area contributed by atoms with Crippen molar-refractivity contribution < 1.29 is 65.7 Å². The second-order valence-electron chi connectivity index (χ2n) is 7.23. The summed E-state index contributed by atoms with van der Waals surface area (Å²) in [5.74, 6) is -2.09. The Hall–Kier alpha value is -1.48. The number of benzene rings is 3. The Kier molecular flexibility index (Phi) is 13.2. The van der Waals surface area contributed by atoms with Gasteiger partial charge in [-0.25, -0.2) is 9.18 Å². The first-order valence-electron chi connectivity index (χ1n) is 10.6. The zero-order valence-electron chi connectivity index (χ0n) is 19.7. The van der Waals surface area contributed by atoms with Crippen LogP contribution in [-0.2, 0) is 12.6 Å². The maximum Gasteiger partial charge on any atom is 1.00 e. The van der Waals surface area contributed by atoms with Crippen LogP contribution in [0.5, 0.6) is 0 Å². The largest absolute Gasteiger partial charge is 1.00 e. The minimum Gasteiger partial charge on any atom is -0.778 e. The van der Waals surface area contributed by atoms with E-state index in [1.54, 1.807) is 18.0 Å². The second kappa shape index (κ2) is 14.7. The van der Waals surface area contributed by atoms with E-state index in [1.807, 2.05) is 36.4 Å². The summed E-state index contributed by atoms with van der Waals surface area (Å²) in [4.78, 5) is 13.5. The van der Waals surface area contributed by atoms with Crippen LogP contribution in [0.25, 0.3) is 11.1 Å². The summed E-state index contributed by atoms with van der Waals surface area (Å²) >= 11 is 5.53. The molecule has 0 saturated carbocycles. The number of nitrogens with one attached hydrogen (secondary N) is 1. The van der Waals surface area contributed by atoms with E-state index < -0.39 is 11.8 Å². The Morgan fingerprint density at radius 1 is 1.09 bits per heavy atom. The van der Waals surface area contributed by atoms with Gasteiger partial charge in [0.25, 0.3) is 0 Å². The van der Waals surface area contributed by atoms with Gasteiger partial charge < -0.3 is 28.0 Å². The fourth-order valence-electron chi connectivity index (χ4n) is 3.18. The number of anilines is 3. The third-order valence-corrected chi connectivity index (χ3v) is 5.27. The molecule has 0 aliphatic rings. The molecule has 0 saturated heterocycles. The molecule has 33 heavy (non-hydrogen) atoms. The summed E-state index contributed by atoms with van der Waals surface area (Å²) in [6, 6.07) is 17.2. The number of aromatic carboxylic acids is 1. The smallest absolute Gasteiger partial charge is 0.778 e. The van der Waals surface area contributed by atoms with Gasteiger partial charge in [-0.05, 0) is 41.6 Å². The minimum atomic E-state index is -1.32. The number of halogens is 1. The molecule has 4 nitrogen and oxygen atoms in total. The first kappa shape index (κ1) is 29.5. The number of unbranched alkanes of at least 4 members (excludes halogenated alkanes) is 2. The standard InChI is InChI=1S/C21H18FN2O2S.C5H12.K/c1-23-18-12-19(24(2)14-6-4-3-5-7-14)20(27)11-15(18)13-8-9-17(22)16(10-13)21(25)26;1-3-5-4-2;/h3-12,23,27H,2H2,1H3,(H,25,26);3-5H2,1-2H3;/q-1;;+1/p-1. The van der Waals surface area contributed by atoms with Crippen molar-refractivity contribution in [3.8, 4) is 11.1 Å². The number of hydrogen-bond donors (Lipinski definition) is 2. The third-order valence-electron chi connectivity index (χ3n) is 4.94. The first-order valence-corrected chi connectivity index (χ1v) is 11.0. The maximum atomic E-state index is 13.7. The number of nitrogens with zero attached hydrogens (tertiary/aromatic N) is 1. The molecule has 0 bridgehead atoms. The molecule has 3 aromatic rings. The Morgan fingerprint density at radius 2 is 1.73 bits per heavy atom. The van der Waals surface area contributed by atoms with Gasteiger partial charge in [0.05, 0.1) is 5.56 Å². The van der Waals surface area contributed by atoms with Crippen molar-refractivity contribution in [2.24, 2.45) is 0 Å². The van der Waals surface area contributed by atoms with Gasteiger partial charge in [0.2, 0.25) is 0 Å². The van der Waals surface area contributed by atoms with E-state index in [0.717, 1.165) is 23.1 Å². The van der Waals surface area contributed by atoms with Crippen molar-refractivity contribution in [3.63, 3.8) is 0 Å². The molecule has 0 aliphatic heterocycles. The van der Waals surface area contributed by atoms with Gasteiger partial charge in [-0.15, -0.1) is 0 Å². The normalized spacial score (nSPS) is 9.85. The van der Waals surface area contributed by atoms with Gasteiger partial charge in [-0.1, -0.05) is 63.4 Å². The van der Waals surface area contributed by atoms with Crippen LogP contribution in [0.15, 0.2) is 65.6 Å². The molecule has 0 unspecified atom stereocenters. The molecule has 2 N–H and O–H groups in total. The fraction of sp³-hybridized carbons (Fsp3) is 0.231. The van der Waals surface area contributed by atoms with E-state index in [-0.39, 0.29) is 56.9 Å². The molecule has 0 radical (unpaired) electrons. The van der Waals surface area contributed by atoms with Gasteiger partial charge in [-0.2, -0.15) is 4.90 Å². The van der Waals surface area contributed by atoms with Gasteiger partial charge in [-0.3, -0.25) is 7.05 Å². The molecule has 0 aromatic heterocycles. The summed E-state index contributed by atoms with van der Waals surface area (Å²) < 4.78 is 13.7. The monoisotopic (exact) mass is 491 g/mol. The van der Waals surface area contributed by atoms with Gasteiger partial charge in [0.1, 0.15) is 5.82 Å². The number of hydrogen-bond acceptors (Lipinski definition) is 4. The molecule has 0 fully saturated rings. The van der Waals surface area contributed by atoms with E-state index in [2.05, 4.69) is 26.2 Å². The van der Waals surface area contributed by atoms with Crippen LogP contribution in [0.3, 0.4) is 0 Å². The molecular weight excluding hydrogens is 462 g/mol. The van der Waals surface area contributed by atoms with Crippen molar-refractivity contribution in [1.29, 1.82) is 0 Å². The minimum absolute atomic E-state index is 0. The quantitative estimate of drug-likeness (QED) is 0.294. The summed E-state index contributed by atoms with van der Waals surface area (Å²) in [6.45, 7) is 4.42. The van der Waals surface area contributed by atoms with Crippen LogP contribution < -0.4 is 61.6 Å². The van der Waals surface area contributed by atoms with Crippen LogP contribution in [0.2, 0.25) is 0 Å². The van der Waals surface area contributed by atoms with Gasteiger partial charge >= 0.3 is 57.4 Å². The number of para-hydroxylation sites is 1. The van der Waals surface area contributed by atoms with E-state index >= 15 is 0 Å². The molecule has 3 rings (SSSR count). The molecular formula is C26H29FKN2O2S-. The molecule has 7 heteroatoms. The van der Waals surface area contributed by atoms with Crippen LogP contribution in [0, 0.1) is 12.9 Å². The Labute approximate surface area is 244 Å².